The highest BCUT2D eigenvalue weighted by atomic mass is 35.5. The molecule has 0 radical (unpaired) electrons. The Morgan fingerprint density at radius 3 is 3.06 bits per heavy atom. The van der Waals surface area contributed by atoms with Crippen LogP contribution in [-0.2, 0) is 4.74 Å². The molecule has 2 rings (SSSR count). The van der Waals surface area contributed by atoms with Crippen molar-refractivity contribution >= 4 is 11.6 Å². The summed E-state index contributed by atoms with van der Waals surface area (Å²) in [6, 6.07) is 7.04. The molecular weight excluding hydrogens is 226 g/mol. The third-order valence-electron chi connectivity index (χ3n) is 2.51. The van der Waals surface area contributed by atoms with Crippen LogP contribution in [0.4, 0.5) is 0 Å². The van der Waals surface area contributed by atoms with E-state index in [9.17, 15) is 0 Å². The second kappa shape index (κ2) is 5.20. The number of hydrogen-bond acceptors (Lipinski definition) is 3. The second-order valence-electron chi connectivity index (χ2n) is 3.70. The molecule has 0 spiro atoms. The van der Waals surface area contributed by atoms with Gasteiger partial charge < -0.3 is 9.47 Å². The fourth-order valence-corrected chi connectivity index (χ4v) is 1.88. The van der Waals surface area contributed by atoms with Gasteiger partial charge in [-0.3, -0.25) is 0 Å². The van der Waals surface area contributed by atoms with E-state index in [1.165, 1.54) is 0 Å². The summed E-state index contributed by atoms with van der Waals surface area (Å²) in [6.45, 7) is 1.33. The second-order valence-corrected chi connectivity index (χ2v) is 4.11. The lowest BCUT2D eigenvalue weighted by atomic mass is 10.2. The van der Waals surface area contributed by atoms with Crippen molar-refractivity contribution in [1.29, 1.82) is 5.26 Å². The maximum absolute atomic E-state index is 8.69. The average Bonchev–Trinajstić information content (AvgIpc) is 2.80. The van der Waals surface area contributed by atoms with Crippen LogP contribution in [-0.4, -0.2) is 19.3 Å². The first-order valence-corrected chi connectivity index (χ1v) is 5.61. The lowest BCUT2D eigenvalue weighted by molar-refractivity contribution is 0.0680. The molecule has 1 heterocycles. The van der Waals surface area contributed by atoms with Gasteiger partial charge in [0.25, 0.3) is 0 Å². The fraction of sp³-hybridized carbons (Fsp3) is 0.417. The summed E-state index contributed by atoms with van der Waals surface area (Å²) < 4.78 is 11.0. The van der Waals surface area contributed by atoms with Crippen molar-refractivity contribution in [2.75, 3.05) is 13.2 Å². The summed E-state index contributed by atoms with van der Waals surface area (Å²) >= 11 is 5.98. The Bertz CT molecular complexity index is 408. The van der Waals surface area contributed by atoms with Crippen molar-refractivity contribution in [3.63, 3.8) is 0 Å². The topological polar surface area (TPSA) is 42.2 Å². The molecule has 1 atom stereocenters. The lowest BCUT2D eigenvalue weighted by Crippen LogP contribution is -2.16. The Morgan fingerprint density at radius 2 is 2.44 bits per heavy atom. The monoisotopic (exact) mass is 237 g/mol. The Morgan fingerprint density at radius 1 is 1.56 bits per heavy atom. The minimum absolute atomic E-state index is 0.173. The number of nitrogens with zero attached hydrogens (tertiary/aromatic N) is 1. The van der Waals surface area contributed by atoms with Crippen molar-refractivity contribution in [2.45, 2.75) is 18.9 Å². The summed E-state index contributed by atoms with van der Waals surface area (Å²) in [4.78, 5) is 0. The summed E-state index contributed by atoms with van der Waals surface area (Å²) in [6.07, 6.45) is 2.30. The van der Waals surface area contributed by atoms with Crippen LogP contribution in [0.2, 0.25) is 5.02 Å². The number of nitriles is 1. The molecule has 84 valence electrons. The zero-order valence-corrected chi connectivity index (χ0v) is 9.54. The van der Waals surface area contributed by atoms with Crippen LogP contribution in [0.25, 0.3) is 0 Å². The predicted octanol–water partition coefficient (Wildman–Crippen LogP) is 2.77. The van der Waals surface area contributed by atoms with E-state index in [1.54, 1.807) is 18.2 Å². The first kappa shape index (κ1) is 11.3. The van der Waals surface area contributed by atoms with Gasteiger partial charge in [0.2, 0.25) is 0 Å². The minimum Gasteiger partial charge on any atom is -0.489 e. The number of halogens is 1. The molecule has 1 fully saturated rings. The van der Waals surface area contributed by atoms with E-state index in [0.717, 1.165) is 19.4 Å². The van der Waals surface area contributed by atoms with Gasteiger partial charge in [0, 0.05) is 6.61 Å². The van der Waals surface area contributed by atoms with Gasteiger partial charge >= 0.3 is 0 Å². The van der Waals surface area contributed by atoms with Gasteiger partial charge in [-0.25, -0.2) is 0 Å². The normalized spacial score (nSPS) is 19.4. The molecule has 0 amide bonds. The van der Waals surface area contributed by atoms with E-state index >= 15 is 0 Å². The summed E-state index contributed by atoms with van der Waals surface area (Å²) in [5.74, 6) is 0.608. The van der Waals surface area contributed by atoms with Crippen LogP contribution in [0.15, 0.2) is 18.2 Å². The van der Waals surface area contributed by atoms with Gasteiger partial charge in [-0.05, 0) is 31.0 Å². The van der Waals surface area contributed by atoms with Gasteiger partial charge in [-0.2, -0.15) is 5.26 Å². The molecular formula is C12H12ClNO2. The largest absolute Gasteiger partial charge is 0.489 e. The molecule has 0 bridgehead atoms. The van der Waals surface area contributed by atoms with Crippen molar-refractivity contribution < 1.29 is 9.47 Å². The van der Waals surface area contributed by atoms with E-state index in [0.29, 0.717) is 22.9 Å². The zero-order chi connectivity index (χ0) is 11.4. The molecule has 1 aliphatic rings. The first-order chi connectivity index (χ1) is 7.79. The van der Waals surface area contributed by atoms with Crippen molar-refractivity contribution in [3.8, 4) is 11.8 Å². The quantitative estimate of drug-likeness (QED) is 0.812. The van der Waals surface area contributed by atoms with E-state index in [2.05, 4.69) is 0 Å². The molecule has 4 heteroatoms. The molecule has 16 heavy (non-hydrogen) atoms. The number of benzene rings is 1. The molecule has 1 unspecified atom stereocenters. The maximum Gasteiger partial charge on any atom is 0.138 e. The van der Waals surface area contributed by atoms with Gasteiger partial charge in [-0.1, -0.05) is 11.6 Å². The summed E-state index contributed by atoms with van der Waals surface area (Å²) in [7, 11) is 0. The fourth-order valence-electron chi connectivity index (χ4n) is 1.65. The van der Waals surface area contributed by atoms with Gasteiger partial charge in [0.05, 0.1) is 22.8 Å². The summed E-state index contributed by atoms with van der Waals surface area (Å²) in [5.41, 5.74) is 0.537. The smallest absolute Gasteiger partial charge is 0.138 e. The van der Waals surface area contributed by atoms with Crippen molar-refractivity contribution in [2.24, 2.45) is 0 Å². The van der Waals surface area contributed by atoms with Crippen LogP contribution < -0.4 is 4.74 Å². The number of ether oxygens (including phenoxy) is 2. The highest BCUT2D eigenvalue weighted by Crippen LogP contribution is 2.26. The Labute approximate surface area is 99.5 Å². The van der Waals surface area contributed by atoms with E-state index in [4.69, 9.17) is 26.3 Å². The van der Waals surface area contributed by atoms with Crippen LogP contribution >= 0.6 is 11.6 Å². The van der Waals surface area contributed by atoms with Crippen LogP contribution in [0.1, 0.15) is 18.4 Å². The van der Waals surface area contributed by atoms with Crippen LogP contribution in [0.5, 0.6) is 5.75 Å². The highest BCUT2D eigenvalue weighted by molar-refractivity contribution is 6.32. The van der Waals surface area contributed by atoms with E-state index < -0.39 is 0 Å². The molecule has 1 aromatic rings. The molecule has 0 N–H and O–H groups in total. The lowest BCUT2D eigenvalue weighted by Gasteiger charge is -2.12. The van der Waals surface area contributed by atoms with Gasteiger partial charge in [0.1, 0.15) is 12.4 Å². The van der Waals surface area contributed by atoms with Crippen LogP contribution in [0.3, 0.4) is 0 Å². The number of rotatable bonds is 3. The zero-order valence-electron chi connectivity index (χ0n) is 8.78. The van der Waals surface area contributed by atoms with Gasteiger partial charge in [0.15, 0.2) is 0 Å². The molecule has 1 aromatic carbocycles. The first-order valence-electron chi connectivity index (χ1n) is 5.23. The van der Waals surface area contributed by atoms with Crippen LogP contribution in [0, 0.1) is 11.3 Å². The van der Waals surface area contributed by atoms with Crippen molar-refractivity contribution in [1.82, 2.24) is 0 Å². The maximum atomic E-state index is 8.69. The SMILES string of the molecule is N#Cc1ccc(OCC2CCCO2)c(Cl)c1. The standard InChI is InChI=1S/C12H12ClNO2/c13-11-6-9(7-14)3-4-12(11)16-8-10-2-1-5-15-10/h3-4,6,10H,1-2,5,8H2. The molecule has 3 nitrogen and oxygen atoms in total. The van der Waals surface area contributed by atoms with Crippen molar-refractivity contribution in [3.05, 3.63) is 28.8 Å². The van der Waals surface area contributed by atoms with Gasteiger partial charge in [-0.15, -0.1) is 0 Å². The Kier molecular flexibility index (Phi) is 3.66. The molecule has 1 aliphatic heterocycles. The number of hydrogen-bond donors (Lipinski definition) is 0. The molecule has 0 saturated carbocycles. The third-order valence-corrected chi connectivity index (χ3v) is 2.81. The molecule has 0 aliphatic carbocycles. The molecule has 1 saturated heterocycles. The summed E-state index contributed by atoms with van der Waals surface area (Å²) in [5, 5.41) is 9.16. The third kappa shape index (κ3) is 2.66. The Hall–Kier alpha value is -1.24. The van der Waals surface area contributed by atoms with E-state index in [1.807, 2.05) is 6.07 Å². The van der Waals surface area contributed by atoms with E-state index in [-0.39, 0.29) is 6.10 Å². The average molecular weight is 238 g/mol. The Balaban J connectivity index is 1.96. The minimum atomic E-state index is 0.173. The predicted molar refractivity (Wildman–Crippen MR) is 60.6 cm³/mol. The molecule has 0 aromatic heterocycles. The highest BCUT2D eigenvalue weighted by Gasteiger charge is 2.16.